The van der Waals surface area contributed by atoms with Gasteiger partial charge in [0.05, 0.1) is 11.7 Å². The largest absolute Gasteiger partial charge is 0.276 e. The second-order valence-electron chi connectivity index (χ2n) is 3.31. The van der Waals surface area contributed by atoms with E-state index < -0.39 is 0 Å². The summed E-state index contributed by atoms with van der Waals surface area (Å²) in [5.41, 5.74) is 2.55. The van der Waals surface area contributed by atoms with Crippen molar-refractivity contribution in [3.05, 3.63) is 11.8 Å². The lowest BCUT2D eigenvalue weighted by atomic mass is 10.0. The summed E-state index contributed by atoms with van der Waals surface area (Å²) in [5, 5.41) is 4.51. The van der Waals surface area contributed by atoms with Crippen molar-refractivity contribution in [3.8, 4) is 0 Å². The van der Waals surface area contributed by atoms with E-state index >= 15 is 0 Å². The summed E-state index contributed by atoms with van der Waals surface area (Å²) in [5.74, 6) is 0. The molecule has 0 aliphatic heterocycles. The van der Waals surface area contributed by atoms with Crippen molar-refractivity contribution in [1.29, 1.82) is 0 Å². The lowest BCUT2D eigenvalue weighted by Crippen LogP contribution is -2.16. The Morgan fingerprint density at radius 3 is 2.91 bits per heavy atom. The average Bonchev–Trinajstić information content (AvgIpc) is 2.76. The third-order valence-corrected chi connectivity index (χ3v) is 2.23. The Kier molecular flexibility index (Phi) is 1.52. The normalized spacial score (nSPS) is 17.2. The molecule has 1 saturated carbocycles. The molecule has 1 heterocycles. The van der Waals surface area contributed by atoms with Crippen LogP contribution in [0.3, 0.4) is 0 Å². The zero-order valence-corrected chi connectivity index (χ0v) is 7.17. The first-order valence-electron chi connectivity index (χ1n) is 4.36. The van der Waals surface area contributed by atoms with Crippen LogP contribution in [-0.4, -0.2) is 17.6 Å². The SMILES string of the molecule is Bc1cc(CC)nn1C1CC1. The number of aromatic nitrogens is 2. The molecule has 1 aromatic rings. The molecule has 58 valence electrons. The van der Waals surface area contributed by atoms with Crippen molar-refractivity contribution in [3.63, 3.8) is 0 Å². The molecule has 1 aliphatic carbocycles. The Balaban J connectivity index is 2.30. The molecule has 0 saturated heterocycles. The van der Waals surface area contributed by atoms with Crippen molar-refractivity contribution >= 4 is 13.4 Å². The van der Waals surface area contributed by atoms with Crippen LogP contribution in [0.5, 0.6) is 0 Å². The summed E-state index contributed by atoms with van der Waals surface area (Å²) < 4.78 is 2.18. The summed E-state index contributed by atoms with van der Waals surface area (Å²) >= 11 is 0. The van der Waals surface area contributed by atoms with E-state index in [0.29, 0.717) is 0 Å². The number of hydrogen-bond acceptors (Lipinski definition) is 1. The molecule has 1 aromatic heterocycles. The first-order chi connectivity index (χ1) is 5.31. The van der Waals surface area contributed by atoms with E-state index in [4.69, 9.17) is 0 Å². The molecule has 0 radical (unpaired) electrons. The summed E-state index contributed by atoms with van der Waals surface area (Å²) in [6, 6.07) is 2.92. The maximum atomic E-state index is 4.51. The van der Waals surface area contributed by atoms with E-state index in [2.05, 4.69) is 30.6 Å². The van der Waals surface area contributed by atoms with E-state index in [1.54, 1.807) is 0 Å². The van der Waals surface area contributed by atoms with Crippen molar-refractivity contribution in [1.82, 2.24) is 9.78 Å². The number of nitrogens with zero attached hydrogens (tertiary/aromatic N) is 2. The van der Waals surface area contributed by atoms with E-state index in [0.717, 1.165) is 12.5 Å². The highest BCUT2D eigenvalue weighted by molar-refractivity contribution is 6.30. The second-order valence-corrected chi connectivity index (χ2v) is 3.31. The highest BCUT2D eigenvalue weighted by Crippen LogP contribution is 2.33. The zero-order valence-electron chi connectivity index (χ0n) is 7.17. The van der Waals surface area contributed by atoms with Crippen LogP contribution in [0.4, 0.5) is 0 Å². The van der Waals surface area contributed by atoms with Gasteiger partial charge in [0.15, 0.2) is 7.85 Å². The lowest BCUT2D eigenvalue weighted by Gasteiger charge is -1.98. The minimum Gasteiger partial charge on any atom is -0.276 e. The van der Waals surface area contributed by atoms with Crippen LogP contribution in [0, 0.1) is 0 Å². The van der Waals surface area contributed by atoms with E-state index in [1.165, 1.54) is 24.1 Å². The molecule has 0 atom stereocenters. The summed E-state index contributed by atoms with van der Waals surface area (Å²) in [6.07, 6.45) is 3.71. The zero-order chi connectivity index (χ0) is 7.84. The molecule has 11 heavy (non-hydrogen) atoms. The third kappa shape index (κ3) is 1.19. The fourth-order valence-electron chi connectivity index (χ4n) is 1.41. The Bertz CT molecular complexity index is 263. The Hall–Kier alpha value is -0.725. The molecular weight excluding hydrogens is 135 g/mol. The van der Waals surface area contributed by atoms with Crippen molar-refractivity contribution in [2.24, 2.45) is 0 Å². The van der Waals surface area contributed by atoms with Gasteiger partial charge in [-0.25, -0.2) is 0 Å². The molecule has 2 nitrogen and oxygen atoms in total. The predicted molar refractivity (Wildman–Crippen MR) is 48.1 cm³/mol. The molecule has 0 spiro atoms. The maximum Gasteiger partial charge on any atom is 0.163 e. The first-order valence-corrected chi connectivity index (χ1v) is 4.36. The van der Waals surface area contributed by atoms with Gasteiger partial charge in [0, 0.05) is 0 Å². The second kappa shape index (κ2) is 2.40. The van der Waals surface area contributed by atoms with Crippen LogP contribution in [0.1, 0.15) is 31.5 Å². The Morgan fingerprint density at radius 2 is 2.45 bits per heavy atom. The van der Waals surface area contributed by atoms with Crippen molar-refractivity contribution < 1.29 is 0 Å². The van der Waals surface area contributed by atoms with Gasteiger partial charge in [-0.05, 0) is 30.9 Å². The third-order valence-electron chi connectivity index (χ3n) is 2.23. The minimum absolute atomic E-state index is 0.732. The van der Waals surface area contributed by atoms with E-state index in [9.17, 15) is 0 Å². The highest BCUT2D eigenvalue weighted by atomic mass is 15.3. The summed E-state index contributed by atoms with van der Waals surface area (Å²) in [4.78, 5) is 0. The quantitative estimate of drug-likeness (QED) is 0.541. The fourth-order valence-corrected chi connectivity index (χ4v) is 1.41. The number of aryl methyl sites for hydroxylation is 1. The first kappa shape index (κ1) is 6.95. The standard InChI is InChI=1S/C8H13BN2/c1-2-6-5-8(9)11(10-6)7-3-4-7/h5,7H,2-4,9H2,1H3. The molecule has 0 aromatic carbocycles. The lowest BCUT2D eigenvalue weighted by molar-refractivity contribution is 0.647. The Morgan fingerprint density at radius 1 is 1.73 bits per heavy atom. The van der Waals surface area contributed by atoms with Crippen LogP contribution in [0.2, 0.25) is 0 Å². The van der Waals surface area contributed by atoms with E-state index in [1.807, 2.05) is 0 Å². The van der Waals surface area contributed by atoms with Crippen LogP contribution in [0.25, 0.3) is 0 Å². The molecule has 3 heteroatoms. The molecule has 1 fully saturated rings. The van der Waals surface area contributed by atoms with Gasteiger partial charge >= 0.3 is 0 Å². The molecule has 1 aliphatic rings. The highest BCUT2D eigenvalue weighted by Gasteiger charge is 2.25. The molecule has 2 rings (SSSR count). The monoisotopic (exact) mass is 148 g/mol. The topological polar surface area (TPSA) is 17.8 Å². The van der Waals surface area contributed by atoms with E-state index in [-0.39, 0.29) is 0 Å². The maximum absolute atomic E-state index is 4.51. The van der Waals surface area contributed by atoms with Crippen LogP contribution >= 0.6 is 0 Å². The van der Waals surface area contributed by atoms with Gasteiger partial charge in [-0.15, -0.1) is 0 Å². The number of hydrogen-bond donors (Lipinski definition) is 0. The van der Waals surface area contributed by atoms with Crippen molar-refractivity contribution in [2.45, 2.75) is 32.2 Å². The molecule has 0 N–H and O–H groups in total. The minimum atomic E-state index is 0.732. The van der Waals surface area contributed by atoms with Crippen LogP contribution in [0.15, 0.2) is 6.07 Å². The average molecular weight is 148 g/mol. The van der Waals surface area contributed by atoms with Crippen LogP contribution < -0.4 is 5.59 Å². The summed E-state index contributed by atoms with van der Waals surface area (Å²) in [7, 11) is 2.14. The molecule has 0 unspecified atom stereocenters. The molecular formula is C8H13BN2. The summed E-state index contributed by atoms with van der Waals surface area (Å²) in [6.45, 7) is 2.15. The van der Waals surface area contributed by atoms with Gasteiger partial charge in [-0.1, -0.05) is 6.92 Å². The molecule has 0 bridgehead atoms. The fraction of sp³-hybridized carbons (Fsp3) is 0.625. The van der Waals surface area contributed by atoms with Gasteiger partial charge in [0.25, 0.3) is 0 Å². The predicted octanol–water partition coefficient (Wildman–Crippen LogP) is 0.0388. The van der Waals surface area contributed by atoms with Gasteiger partial charge in [-0.3, -0.25) is 4.68 Å². The Labute approximate surface area is 68.0 Å². The van der Waals surface area contributed by atoms with Gasteiger partial charge in [0.1, 0.15) is 0 Å². The van der Waals surface area contributed by atoms with Gasteiger partial charge < -0.3 is 0 Å². The van der Waals surface area contributed by atoms with Crippen LogP contribution in [-0.2, 0) is 6.42 Å². The van der Waals surface area contributed by atoms with Crippen molar-refractivity contribution in [2.75, 3.05) is 0 Å². The van der Waals surface area contributed by atoms with Gasteiger partial charge in [-0.2, -0.15) is 5.10 Å². The molecule has 0 amide bonds. The number of rotatable bonds is 2. The van der Waals surface area contributed by atoms with Gasteiger partial charge in [0.2, 0.25) is 0 Å². The smallest absolute Gasteiger partial charge is 0.163 e.